The predicted octanol–water partition coefficient (Wildman–Crippen LogP) is 2.72. The molecule has 0 unspecified atom stereocenters. The van der Waals surface area contributed by atoms with Crippen molar-refractivity contribution in [1.82, 2.24) is 9.13 Å². The molecule has 0 N–H and O–H groups in total. The van der Waals surface area contributed by atoms with Crippen molar-refractivity contribution in [2.24, 2.45) is 0 Å². The highest BCUT2D eigenvalue weighted by molar-refractivity contribution is 6.34. The van der Waals surface area contributed by atoms with Crippen LogP contribution in [0.2, 0.25) is 10.0 Å². The molecule has 5 nitrogen and oxygen atoms in total. The van der Waals surface area contributed by atoms with Gasteiger partial charge in [0.05, 0.1) is 24.0 Å². The Morgan fingerprint density at radius 3 is 2.29 bits per heavy atom. The predicted molar refractivity (Wildman–Crippen MR) is 94.1 cm³/mol. The monoisotopic (exact) mass is 362 g/mol. The van der Waals surface area contributed by atoms with E-state index < -0.39 is 11.2 Å². The molecule has 0 aliphatic rings. The second-order valence-corrected chi connectivity index (χ2v) is 6.12. The average molecular weight is 363 g/mol. The minimum absolute atomic E-state index is 0.0155. The summed E-state index contributed by atoms with van der Waals surface area (Å²) in [7, 11) is 0. The Kier molecular flexibility index (Phi) is 4.55. The minimum Gasteiger partial charge on any atom is -0.301 e. The number of fused-ring (bicyclic) bond motifs is 1. The summed E-state index contributed by atoms with van der Waals surface area (Å²) in [6.45, 7) is -0.114. The summed E-state index contributed by atoms with van der Waals surface area (Å²) in [5.41, 5.74) is 0.0790. The van der Waals surface area contributed by atoms with Crippen molar-refractivity contribution in [1.29, 1.82) is 0 Å². The number of carbonyl (C=O) groups is 1. The van der Waals surface area contributed by atoms with E-state index in [9.17, 15) is 14.4 Å². The number of carbonyl (C=O) groups excluding carboxylic acids is 1. The number of benzene rings is 2. The maximum atomic E-state index is 12.7. The number of para-hydroxylation sites is 1. The number of halogens is 2. The Morgan fingerprint density at radius 1 is 0.958 bits per heavy atom. The fourth-order valence-corrected chi connectivity index (χ4v) is 3.22. The Labute approximate surface area is 146 Å². The van der Waals surface area contributed by atoms with Crippen LogP contribution in [0.3, 0.4) is 0 Å². The van der Waals surface area contributed by atoms with E-state index in [1.165, 1.54) is 4.57 Å². The largest absolute Gasteiger partial charge is 0.332 e. The highest BCUT2D eigenvalue weighted by atomic mass is 35.5. The molecule has 0 aliphatic heterocycles. The van der Waals surface area contributed by atoms with Crippen LogP contribution < -0.4 is 11.2 Å². The molecule has 24 heavy (non-hydrogen) atoms. The summed E-state index contributed by atoms with van der Waals surface area (Å²) < 4.78 is 2.35. The van der Waals surface area contributed by atoms with Gasteiger partial charge in [-0.1, -0.05) is 35.3 Å². The molecule has 1 heterocycles. The van der Waals surface area contributed by atoms with E-state index in [0.29, 0.717) is 32.8 Å². The van der Waals surface area contributed by atoms with Crippen LogP contribution in [0.1, 0.15) is 5.56 Å². The molecular weight excluding hydrogens is 351 g/mol. The van der Waals surface area contributed by atoms with Gasteiger partial charge in [-0.3, -0.25) is 13.9 Å². The first-order valence-corrected chi connectivity index (χ1v) is 7.88. The zero-order valence-electron chi connectivity index (χ0n) is 12.4. The molecule has 3 aromatic rings. The molecule has 0 saturated heterocycles. The maximum absolute atomic E-state index is 12.7. The first kappa shape index (κ1) is 16.5. The Bertz CT molecular complexity index is 1030. The maximum Gasteiger partial charge on any atom is 0.332 e. The third-order valence-electron chi connectivity index (χ3n) is 3.65. The van der Waals surface area contributed by atoms with Crippen molar-refractivity contribution < 1.29 is 4.79 Å². The number of hydrogen-bond donors (Lipinski definition) is 0. The van der Waals surface area contributed by atoms with Gasteiger partial charge in [-0.25, -0.2) is 4.79 Å². The van der Waals surface area contributed by atoms with E-state index in [-0.39, 0.29) is 13.1 Å². The van der Waals surface area contributed by atoms with Gasteiger partial charge in [0.2, 0.25) is 0 Å². The van der Waals surface area contributed by atoms with Crippen LogP contribution in [0.25, 0.3) is 10.9 Å². The van der Waals surface area contributed by atoms with Gasteiger partial charge in [0.1, 0.15) is 6.29 Å². The highest BCUT2D eigenvalue weighted by Gasteiger charge is 2.13. The number of rotatable bonds is 4. The topological polar surface area (TPSA) is 61.1 Å². The SMILES string of the molecule is O=CCn1c(=O)n(Cc2cc(Cl)cc(Cl)c2)c(=O)c2ccccc21. The van der Waals surface area contributed by atoms with Crippen molar-refractivity contribution >= 4 is 40.4 Å². The van der Waals surface area contributed by atoms with E-state index >= 15 is 0 Å². The van der Waals surface area contributed by atoms with Crippen LogP contribution in [0.4, 0.5) is 0 Å². The van der Waals surface area contributed by atoms with Crippen LogP contribution in [0, 0.1) is 0 Å². The first-order valence-electron chi connectivity index (χ1n) is 7.12. The third-order valence-corrected chi connectivity index (χ3v) is 4.09. The van der Waals surface area contributed by atoms with Crippen molar-refractivity contribution in [3.8, 4) is 0 Å². The van der Waals surface area contributed by atoms with Crippen molar-refractivity contribution in [3.63, 3.8) is 0 Å². The van der Waals surface area contributed by atoms with Crippen LogP contribution in [-0.4, -0.2) is 15.4 Å². The molecule has 3 rings (SSSR count). The molecule has 0 amide bonds. The van der Waals surface area contributed by atoms with Crippen LogP contribution >= 0.6 is 23.2 Å². The van der Waals surface area contributed by atoms with Gasteiger partial charge in [-0.2, -0.15) is 0 Å². The molecule has 0 bridgehead atoms. The number of aromatic nitrogens is 2. The van der Waals surface area contributed by atoms with Gasteiger partial charge in [-0.05, 0) is 35.9 Å². The molecule has 0 atom stereocenters. The van der Waals surface area contributed by atoms with E-state index in [0.717, 1.165) is 4.57 Å². The van der Waals surface area contributed by atoms with Gasteiger partial charge in [0, 0.05) is 10.0 Å². The number of aldehydes is 1. The van der Waals surface area contributed by atoms with Crippen molar-refractivity contribution in [2.75, 3.05) is 0 Å². The molecule has 1 aromatic heterocycles. The molecule has 7 heteroatoms. The molecule has 0 spiro atoms. The van der Waals surface area contributed by atoms with E-state index in [2.05, 4.69) is 0 Å². The van der Waals surface area contributed by atoms with Gasteiger partial charge >= 0.3 is 5.69 Å². The average Bonchev–Trinajstić information content (AvgIpc) is 2.54. The summed E-state index contributed by atoms with van der Waals surface area (Å²) >= 11 is 11.9. The summed E-state index contributed by atoms with van der Waals surface area (Å²) in [6, 6.07) is 11.5. The zero-order chi connectivity index (χ0) is 17.3. The van der Waals surface area contributed by atoms with E-state index in [1.807, 2.05) is 0 Å². The standard InChI is InChI=1S/C17H12Cl2N2O3/c18-12-7-11(8-13(19)9-12)10-21-16(23)14-3-1-2-4-15(14)20(5-6-22)17(21)24/h1-4,6-9H,5,10H2. The number of nitrogens with zero attached hydrogens (tertiary/aromatic N) is 2. The van der Waals surface area contributed by atoms with Crippen LogP contribution in [-0.2, 0) is 17.9 Å². The quantitative estimate of drug-likeness (QED) is 0.670. The lowest BCUT2D eigenvalue weighted by molar-refractivity contribution is -0.108. The fraction of sp³-hybridized carbons (Fsp3) is 0.118. The lowest BCUT2D eigenvalue weighted by atomic mass is 10.2. The molecule has 122 valence electrons. The zero-order valence-corrected chi connectivity index (χ0v) is 13.9. The Morgan fingerprint density at radius 2 is 1.62 bits per heavy atom. The van der Waals surface area contributed by atoms with Crippen LogP contribution in [0.5, 0.6) is 0 Å². The summed E-state index contributed by atoms with van der Waals surface area (Å²) in [4.78, 5) is 36.3. The van der Waals surface area contributed by atoms with Gasteiger partial charge in [0.15, 0.2) is 0 Å². The summed E-state index contributed by atoms with van der Waals surface area (Å²) in [5, 5.41) is 1.20. The van der Waals surface area contributed by atoms with E-state index in [1.54, 1.807) is 42.5 Å². The van der Waals surface area contributed by atoms with Crippen LogP contribution in [0.15, 0.2) is 52.1 Å². The molecule has 0 fully saturated rings. The fourth-order valence-electron chi connectivity index (χ4n) is 2.65. The normalized spacial score (nSPS) is 10.9. The third kappa shape index (κ3) is 3.00. The molecule has 0 saturated carbocycles. The smallest absolute Gasteiger partial charge is 0.301 e. The second kappa shape index (κ2) is 6.63. The first-order chi connectivity index (χ1) is 11.5. The molecular formula is C17H12Cl2N2O3. The van der Waals surface area contributed by atoms with E-state index in [4.69, 9.17) is 23.2 Å². The lowest BCUT2D eigenvalue weighted by Crippen LogP contribution is -2.40. The second-order valence-electron chi connectivity index (χ2n) is 5.25. The van der Waals surface area contributed by atoms with Gasteiger partial charge < -0.3 is 4.79 Å². The summed E-state index contributed by atoms with van der Waals surface area (Å²) in [6.07, 6.45) is 0.624. The van der Waals surface area contributed by atoms with Crippen molar-refractivity contribution in [2.45, 2.75) is 13.1 Å². The molecule has 0 aliphatic carbocycles. The van der Waals surface area contributed by atoms with Gasteiger partial charge in [-0.15, -0.1) is 0 Å². The lowest BCUT2D eigenvalue weighted by Gasteiger charge is -2.12. The summed E-state index contributed by atoms with van der Waals surface area (Å²) in [5.74, 6) is 0. The molecule has 0 radical (unpaired) electrons. The minimum atomic E-state index is -0.554. The highest BCUT2D eigenvalue weighted by Crippen LogP contribution is 2.19. The van der Waals surface area contributed by atoms with Crippen molar-refractivity contribution in [3.05, 3.63) is 78.9 Å². The number of hydrogen-bond acceptors (Lipinski definition) is 3. The van der Waals surface area contributed by atoms with Gasteiger partial charge in [0.25, 0.3) is 5.56 Å². The Balaban J connectivity index is 2.26. The Hall–Kier alpha value is -2.37. The molecule has 2 aromatic carbocycles.